The van der Waals surface area contributed by atoms with Gasteiger partial charge in [0.15, 0.2) is 9.84 Å². The van der Waals surface area contributed by atoms with Crippen LogP contribution in [0.15, 0.2) is 29.2 Å². The van der Waals surface area contributed by atoms with Gasteiger partial charge in [0, 0.05) is 6.54 Å². The highest BCUT2D eigenvalue weighted by Crippen LogP contribution is 2.11. The van der Waals surface area contributed by atoms with Gasteiger partial charge in [0.25, 0.3) is 0 Å². The topological polar surface area (TPSA) is 46.2 Å². The molecule has 0 aliphatic carbocycles. The van der Waals surface area contributed by atoms with Crippen LogP contribution in [0.25, 0.3) is 0 Å². The normalized spacial score (nSPS) is 11.6. The van der Waals surface area contributed by atoms with Gasteiger partial charge < -0.3 is 5.32 Å². The Kier molecular flexibility index (Phi) is 3.66. The summed E-state index contributed by atoms with van der Waals surface area (Å²) in [7, 11) is -1.19. The summed E-state index contributed by atoms with van der Waals surface area (Å²) in [4.78, 5) is 0.403. The van der Waals surface area contributed by atoms with E-state index in [4.69, 9.17) is 0 Å². The van der Waals surface area contributed by atoms with Crippen molar-refractivity contribution >= 4 is 9.84 Å². The third-order valence-electron chi connectivity index (χ3n) is 2.04. The van der Waals surface area contributed by atoms with Crippen LogP contribution < -0.4 is 5.32 Å². The Morgan fingerprint density at radius 1 is 1.21 bits per heavy atom. The first-order valence-corrected chi connectivity index (χ1v) is 6.21. The summed E-state index contributed by atoms with van der Waals surface area (Å²) < 4.78 is 22.9. The Morgan fingerprint density at radius 3 is 2.21 bits per heavy atom. The molecule has 0 atom stereocenters. The molecule has 1 aromatic carbocycles. The fourth-order valence-corrected chi connectivity index (χ4v) is 2.07. The average molecular weight is 213 g/mol. The van der Waals surface area contributed by atoms with E-state index in [-0.39, 0.29) is 5.75 Å². The average Bonchev–Trinajstić information content (AvgIpc) is 2.19. The van der Waals surface area contributed by atoms with Crippen LogP contribution in [0.1, 0.15) is 12.5 Å². The molecule has 0 bridgehead atoms. The summed E-state index contributed by atoms with van der Waals surface area (Å²) in [6.07, 6.45) is 0. The van der Waals surface area contributed by atoms with E-state index in [9.17, 15) is 8.42 Å². The predicted molar refractivity (Wildman–Crippen MR) is 56.9 cm³/mol. The van der Waals surface area contributed by atoms with E-state index in [0.29, 0.717) is 4.90 Å². The zero-order valence-electron chi connectivity index (χ0n) is 8.45. The lowest BCUT2D eigenvalue weighted by Crippen LogP contribution is -2.06. The Labute approximate surface area is 85.1 Å². The van der Waals surface area contributed by atoms with Crippen molar-refractivity contribution in [3.05, 3.63) is 29.8 Å². The van der Waals surface area contributed by atoms with E-state index in [2.05, 4.69) is 5.32 Å². The number of rotatable bonds is 4. The smallest absolute Gasteiger partial charge is 0.178 e. The molecule has 0 aliphatic rings. The number of nitrogens with one attached hydrogen (secondary N) is 1. The second kappa shape index (κ2) is 4.57. The lowest BCUT2D eigenvalue weighted by atomic mass is 10.2. The van der Waals surface area contributed by atoms with Crippen molar-refractivity contribution in [3.63, 3.8) is 0 Å². The molecular weight excluding hydrogens is 198 g/mol. The Balaban J connectivity index is 2.94. The van der Waals surface area contributed by atoms with Crippen LogP contribution in [0.2, 0.25) is 0 Å². The van der Waals surface area contributed by atoms with Gasteiger partial charge in [0.05, 0.1) is 10.6 Å². The Morgan fingerprint density at radius 2 is 1.79 bits per heavy atom. The molecule has 0 aromatic heterocycles. The maximum atomic E-state index is 11.5. The molecule has 0 saturated heterocycles. The van der Waals surface area contributed by atoms with Crippen LogP contribution >= 0.6 is 0 Å². The molecule has 0 amide bonds. The van der Waals surface area contributed by atoms with Gasteiger partial charge in [-0.1, -0.05) is 19.1 Å². The van der Waals surface area contributed by atoms with Crippen LogP contribution in [0, 0.1) is 0 Å². The molecule has 78 valence electrons. The Bertz CT molecular complexity index is 381. The first kappa shape index (κ1) is 11.2. The standard InChI is InChI=1S/C10H15NO2S/c1-3-14(12,13)10-6-4-9(5-7-10)8-11-2/h4-7,11H,3,8H2,1-2H3. The predicted octanol–water partition coefficient (Wildman–Crippen LogP) is 1.20. The molecule has 3 nitrogen and oxygen atoms in total. The highest BCUT2D eigenvalue weighted by Gasteiger charge is 2.10. The molecular formula is C10H15NO2S. The molecule has 1 N–H and O–H groups in total. The molecule has 0 heterocycles. The maximum absolute atomic E-state index is 11.5. The SMILES string of the molecule is CCS(=O)(=O)c1ccc(CNC)cc1. The monoisotopic (exact) mass is 213 g/mol. The van der Waals surface area contributed by atoms with Crippen molar-refractivity contribution in [2.45, 2.75) is 18.4 Å². The fraction of sp³-hybridized carbons (Fsp3) is 0.400. The van der Waals surface area contributed by atoms with Crippen LogP contribution in [0.4, 0.5) is 0 Å². The van der Waals surface area contributed by atoms with E-state index in [1.165, 1.54) is 0 Å². The summed E-state index contributed by atoms with van der Waals surface area (Å²) in [5.74, 6) is 0.151. The van der Waals surface area contributed by atoms with Gasteiger partial charge in [-0.3, -0.25) is 0 Å². The van der Waals surface area contributed by atoms with E-state index in [1.54, 1.807) is 19.1 Å². The molecule has 14 heavy (non-hydrogen) atoms. The minimum absolute atomic E-state index is 0.151. The van der Waals surface area contributed by atoms with Gasteiger partial charge in [-0.25, -0.2) is 8.42 Å². The van der Waals surface area contributed by atoms with Gasteiger partial charge in [-0.15, -0.1) is 0 Å². The summed E-state index contributed by atoms with van der Waals surface area (Å²) in [6, 6.07) is 6.98. The summed E-state index contributed by atoms with van der Waals surface area (Å²) in [5, 5.41) is 3.01. The first-order chi connectivity index (χ1) is 6.60. The highest BCUT2D eigenvalue weighted by molar-refractivity contribution is 7.91. The van der Waals surface area contributed by atoms with Gasteiger partial charge in [0.2, 0.25) is 0 Å². The van der Waals surface area contributed by atoms with E-state index < -0.39 is 9.84 Å². The summed E-state index contributed by atoms with van der Waals surface area (Å²) in [6.45, 7) is 2.41. The van der Waals surface area contributed by atoms with Crippen LogP contribution in [0.5, 0.6) is 0 Å². The van der Waals surface area contributed by atoms with Crippen molar-refractivity contribution in [1.82, 2.24) is 5.32 Å². The lowest BCUT2D eigenvalue weighted by Gasteiger charge is -2.03. The van der Waals surface area contributed by atoms with E-state index in [1.807, 2.05) is 19.2 Å². The molecule has 0 saturated carbocycles. The number of sulfone groups is 1. The van der Waals surface area contributed by atoms with Crippen molar-refractivity contribution < 1.29 is 8.42 Å². The first-order valence-electron chi connectivity index (χ1n) is 4.56. The lowest BCUT2D eigenvalue weighted by molar-refractivity contribution is 0.597. The van der Waals surface area contributed by atoms with Crippen molar-refractivity contribution in [1.29, 1.82) is 0 Å². The van der Waals surface area contributed by atoms with E-state index in [0.717, 1.165) is 12.1 Å². The third kappa shape index (κ3) is 2.56. The van der Waals surface area contributed by atoms with Crippen LogP contribution in [0.3, 0.4) is 0 Å². The maximum Gasteiger partial charge on any atom is 0.178 e. The molecule has 1 rings (SSSR count). The second-order valence-corrected chi connectivity index (χ2v) is 5.36. The third-order valence-corrected chi connectivity index (χ3v) is 3.79. The molecule has 0 spiro atoms. The summed E-state index contributed by atoms with van der Waals surface area (Å²) >= 11 is 0. The molecule has 0 radical (unpaired) electrons. The number of hydrogen-bond donors (Lipinski definition) is 1. The second-order valence-electron chi connectivity index (χ2n) is 3.08. The van der Waals surface area contributed by atoms with Crippen LogP contribution in [-0.2, 0) is 16.4 Å². The zero-order valence-corrected chi connectivity index (χ0v) is 9.26. The molecule has 1 aromatic rings. The number of benzene rings is 1. The van der Waals surface area contributed by atoms with Crippen molar-refractivity contribution in [3.8, 4) is 0 Å². The zero-order chi connectivity index (χ0) is 10.6. The van der Waals surface area contributed by atoms with Gasteiger partial charge in [0.1, 0.15) is 0 Å². The van der Waals surface area contributed by atoms with Crippen molar-refractivity contribution in [2.24, 2.45) is 0 Å². The highest BCUT2D eigenvalue weighted by atomic mass is 32.2. The summed E-state index contributed by atoms with van der Waals surface area (Å²) in [5.41, 5.74) is 1.09. The minimum Gasteiger partial charge on any atom is -0.316 e. The van der Waals surface area contributed by atoms with Gasteiger partial charge >= 0.3 is 0 Å². The van der Waals surface area contributed by atoms with Crippen molar-refractivity contribution in [2.75, 3.05) is 12.8 Å². The quantitative estimate of drug-likeness (QED) is 0.817. The Hall–Kier alpha value is -0.870. The van der Waals surface area contributed by atoms with Gasteiger partial charge in [-0.2, -0.15) is 0 Å². The minimum atomic E-state index is -3.05. The largest absolute Gasteiger partial charge is 0.316 e. The fourth-order valence-electron chi connectivity index (χ4n) is 1.19. The molecule has 0 unspecified atom stereocenters. The molecule has 4 heteroatoms. The van der Waals surface area contributed by atoms with Gasteiger partial charge in [-0.05, 0) is 24.7 Å². The number of hydrogen-bond acceptors (Lipinski definition) is 3. The van der Waals surface area contributed by atoms with Crippen LogP contribution in [-0.4, -0.2) is 21.2 Å². The van der Waals surface area contributed by atoms with E-state index >= 15 is 0 Å². The molecule has 0 aliphatic heterocycles. The molecule has 0 fully saturated rings.